The highest BCUT2D eigenvalue weighted by molar-refractivity contribution is 5.92. The molecule has 1 aliphatic rings. The molecule has 2 rings (SSSR count). The van der Waals surface area contributed by atoms with Gasteiger partial charge in [0.15, 0.2) is 0 Å². The maximum absolute atomic E-state index is 12.5. The molecule has 0 unspecified atom stereocenters. The molecule has 2 heterocycles. The normalized spacial score (nSPS) is 17.9. The van der Waals surface area contributed by atoms with Crippen LogP contribution in [0.5, 0.6) is 0 Å². The Morgan fingerprint density at radius 3 is 2.85 bits per heavy atom. The Kier molecular flexibility index (Phi) is 4.63. The molecule has 0 radical (unpaired) electrons. The van der Waals surface area contributed by atoms with Gasteiger partial charge in [0.2, 0.25) is 0 Å². The van der Waals surface area contributed by atoms with E-state index < -0.39 is 0 Å². The van der Waals surface area contributed by atoms with E-state index in [1.54, 1.807) is 6.20 Å². The minimum absolute atomic E-state index is 0.0554. The predicted octanol–water partition coefficient (Wildman–Crippen LogP) is 3.17. The van der Waals surface area contributed by atoms with Gasteiger partial charge in [-0.15, -0.1) is 0 Å². The van der Waals surface area contributed by atoms with E-state index in [1.165, 1.54) is 6.42 Å². The van der Waals surface area contributed by atoms with Gasteiger partial charge >= 0.3 is 0 Å². The van der Waals surface area contributed by atoms with Gasteiger partial charge in [0.25, 0.3) is 5.91 Å². The lowest BCUT2D eigenvalue weighted by molar-refractivity contribution is 0.0577. The zero-order valence-electron chi connectivity index (χ0n) is 12.8. The third-order valence-corrected chi connectivity index (χ3v) is 3.75. The van der Waals surface area contributed by atoms with Crippen LogP contribution < -0.4 is 5.32 Å². The van der Waals surface area contributed by atoms with Crippen LogP contribution in [0.4, 0.5) is 5.69 Å². The number of amides is 1. The minimum atomic E-state index is 0.0554. The van der Waals surface area contributed by atoms with Crippen LogP contribution in [-0.4, -0.2) is 35.4 Å². The SMILES string of the molecule is CCCNc1ccc(C(=O)N2CCCC(C)(C)C2)nc1. The Labute approximate surface area is 121 Å². The number of aromatic nitrogens is 1. The largest absolute Gasteiger partial charge is 0.384 e. The molecule has 1 fully saturated rings. The highest BCUT2D eigenvalue weighted by Gasteiger charge is 2.29. The number of carbonyl (C=O) groups excluding carboxylic acids is 1. The molecule has 0 saturated carbocycles. The lowest BCUT2D eigenvalue weighted by Gasteiger charge is -2.37. The first-order valence-electron chi connectivity index (χ1n) is 7.51. The summed E-state index contributed by atoms with van der Waals surface area (Å²) in [4.78, 5) is 18.7. The summed E-state index contributed by atoms with van der Waals surface area (Å²) in [6.45, 7) is 9.16. The molecule has 0 aromatic carbocycles. The standard InChI is InChI=1S/C16H25N3O/c1-4-9-17-13-6-7-14(18-11-13)15(20)19-10-5-8-16(2,3)12-19/h6-7,11,17H,4-5,8-10,12H2,1-3H3. The highest BCUT2D eigenvalue weighted by Crippen LogP contribution is 2.29. The van der Waals surface area contributed by atoms with E-state index in [0.717, 1.165) is 38.2 Å². The number of anilines is 1. The molecular formula is C16H25N3O. The maximum atomic E-state index is 12.5. The zero-order valence-corrected chi connectivity index (χ0v) is 12.8. The van der Waals surface area contributed by atoms with Gasteiger partial charge in [-0.25, -0.2) is 4.98 Å². The monoisotopic (exact) mass is 275 g/mol. The van der Waals surface area contributed by atoms with Crippen LogP contribution in [-0.2, 0) is 0 Å². The van der Waals surface area contributed by atoms with Gasteiger partial charge in [0.05, 0.1) is 11.9 Å². The number of rotatable bonds is 4. The van der Waals surface area contributed by atoms with Gasteiger partial charge < -0.3 is 10.2 Å². The summed E-state index contributed by atoms with van der Waals surface area (Å²) in [5, 5.41) is 3.27. The number of piperidine rings is 1. The average Bonchev–Trinajstić information content (AvgIpc) is 2.44. The van der Waals surface area contributed by atoms with E-state index in [1.807, 2.05) is 17.0 Å². The third-order valence-electron chi connectivity index (χ3n) is 3.75. The Morgan fingerprint density at radius 2 is 2.25 bits per heavy atom. The third kappa shape index (κ3) is 3.71. The molecule has 4 nitrogen and oxygen atoms in total. The van der Waals surface area contributed by atoms with Crippen molar-refractivity contribution in [2.24, 2.45) is 5.41 Å². The number of hydrogen-bond donors (Lipinski definition) is 1. The molecule has 0 aliphatic carbocycles. The van der Waals surface area contributed by atoms with Gasteiger partial charge in [0, 0.05) is 19.6 Å². The molecule has 1 saturated heterocycles. The quantitative estimate of drug-likeness (QED) is 0.918. The summed E-state index contributed by atoms with van der Waals surface area (Å²) in [5.41, 5.74) is 1.74. The number of nitrogens with one attached hydrogen (secondary N) is 1. The van der Waals surface area contributed by atoms with Crippen molar-refractivity contribution in [1.29, 1.82) is 0 Å². The van der Waals surface area contributed by atoms with Crippen molar-refractivity contribution in [2.75, 3.05) is 25.0 Å². The summed E-state index contributed by atoms with van der Waals surface area (Å²) in [7, 11) is 0. The summed E-state index contributed by atoms with van der Waals surface area (Å²) in [6, 6.07) is 3.76. The first-order valence-corrected chi connectivity index (χ1v) is 7.51. The molecular weight excluding hydrogens is 250 g/mol. The van der Waals surface area contributed by atoms with Crippen molar-refractivity contribution in [3.63, 3.8) is 0 Å². The molecule has 20 heavy (non-hydrogen) atoms. The van der Waals surface area contributed by atoms with Gasteiger partial charge in [-0.1, -0.05) is 20.8 Å². The van der Waals surface area contributed by atoms with Crippen molar-refractivity contribution < 1.29 is 4.79 Å². The fourth-order valence-corrected chi connectivity index (χ4v) is 2.65. The van der Waals surface area contributed by atoms with Crippen LogP contribution in [0.15, 0.2) is 18.3 Å². The molecule has 1 N–H and O–H groups in total. The Bertz CT molecular complexity index is 453. The van der Waals surface area contributed by atoms with Crippen molar-refractivity contribution in [1.82, 2.24) is 9.88 Å². The highest BCUT2D eigenvalue weighted by atomic mass is 16.2. The van der Waals surface area contributed by atoms with E-state index in [4.69, 9.17) is 0 Å². The molecule has 1 aliphatic heterocycles. The van der Waals surface area contributed by atoms with Gasteiger partial charge in [-0.2, -0.15) is 0 Å². The van der Waals surface area contributed by atoms with Crippen LogP contribution in [0.25, 0.3) is 0 Å². The molecule has 110 valence electrons. The van der Waals surface area contributed by atoms with Gasteiger partial charge in [0.1, 0.15) is 5.69 Å². The van der Waals surface area contributed by atoms with E-state index in [2.05, 4.69) is 31.1 Å². The summed E-state index contributed by atoms with van der Waals surface area (Å²) < 4.78 is 0. The fraction of sp³-hybridized carbons (Fsp3) is 0.625. The van der Waals surface area contributed by atoms with Crippen molar-refractivity contribution >= 4 is 11.6 Å². The lowest BCUT2D eigenvalue weighted by atomic mass is 9.84. The molecule has 0 atom stereocenters. The van der Waals surface area contributed by atoms with Crippen LogP contribution in [0.3, 0.4) is 0 Å². The maximum Gasteiger partial charge on any atom is 0.272 e. The average molecular weight is 275 g/mol. The molecule has 1 amide bonds. The van der Waals surface area contributed by atoms with Gasteiger partial charge in [-0.3, -0.25) is 4.79 Å². The second-order valence-electron chi connectivity index (χ2n) is 6.35. The second-order valence-corrected chi connectivity index (χ2v) is 6.35. The number of likely N-dealkylation sites (tertiary alicyclic amines) is 1. The van der Waals surface area contributed by atoms with E-state index in [0.29, 0.717) is 5.69 Å². The molecule has 0 spiro atoms. The lowest BCUT2D eigenvalue weighted by Crippen LogP contribution is -2.43. The van der Waals surface area contributed by atoms with Gasteiger partial charge in [-0.05, 0) is 36.8 Å². The number of pyridine rings is 1. The molecule has 0 bridgehead atoms. The van der Waals surface area contributed by atoms with Crippen LogP contribution in [0.1, 0.15) is 50.5 Å². The van der Waals surface area contributed by atoms with Crippen LogP contribution in [0, 0.1) is 5.41 Å². The second kappa shape index (κ2) is 6.25. The van der Waals surface area contributed by atoms with Crippen LogP contribution in [0.2, 0.25) is 0 Å². The fourth-order valence-electron chi connectivity index (χ4n) is 2.65. The Morgan fingerprint density at radius 1 is 1.45 bits per heavy atom. The minimum Gasteiger partial charge on any atom is -0.384 e. The Balaban J connectivity index is 2.01. The predicted molar refractivity (Wildman–Crippen MR) is 81.9 cm³/mol. The van der Waals surface area contributed by atoms with E-state index >= 15 is 0 Å². The van der Waals surface area contributed by atoms with E-state index in [-0.39, 0.29) is 11.3 Å². The first-order chi connectivity index (χ1) is 9.52. The first kappa shape index (κ1) is 14.8. The number of carbonyl (C=O) groups is 1. The Hall–Kier alpha value is -1.58. The summed E-state index contributed by atoms with van der Waals surface area (Å²) in [5.74, 6) is 0.0554. The molecule has 4 heteroatoms. The number of hydrogen-bond acceptors (Lipinski definition) is 3. The summed E-state index contributed by atoms with van der Waals surface area (Å²) >= 11 is 0. The smallest absolute Gasteiger partial charge is 0.272 e. The summed E-state index contributed by atoms with van der Waals surface area (Å²) in [6.07, 6.45) is 5.08. The molecule has 1 aromatic rings. The van der Waals surface area contributed by atoms with Crippen LogP contribution >= 0.6 is 0 Å². The topological polar surface area (TPSA) is 45.2 Å². The van der Waals surface area contributed by atoms with E-state index in [9.17, 15) is 4.79 Å². The number of nitrogens with zero attached hydrogens (tertiary/aromatic N) is 2. The zero-order chi connectivity index (χ0) is 14.6. The van der Waals surface area contributed by atoms with Crippen molar-refractivity contribution in [3.05, 3.63) is 24.0 Å². The van der Waals surface area contributed by atoms with Crippen molar-refractivity contribution in [2.45, 2.75) is 40.0 Å². The molecule has 1 aromatic heterocycles. The van der Waals surface area contributed by atoms with Crippen molar-refractivity contribution in [3.8, 4) is 0 Å².